The summed E-state index contributed by atoms with van der Waals surface area (Å²) >= 11 is 0. The fourth-order valence-corrected chi connectivity index (χ4v) is 2.48. The molecule has 1 unspecified atom stereocenters. The van der Waals surface area contributed by atoms with Crippen molar-refractivity contribution in [2.75, 3.05) is 26.1 Å². The van der Waals surface area contributed by atoms with Crippen molar-refractivity contribution >= 4 is 11.7 Å². The predicted octanol–water partition coefficient (Wildman–Crippen LogP) is 2.41. The van der Waals surface area contributed by atoms with Gasteiger partial charge in [0.1, 0.15) is 5.76 Å². The van der Waals surface area contributed by atoms with Crippen LogP contribution in [-0.2, 0) is 9.53 Å². The van der Waals surface area contributed by atoms with Crippen molar-refractivity contribution in [2.45, 2.75) is 19.3 Å². The zero-order valence-corrected chi connectivity index (χ0v) is 14.2. The molecular weight excluding hydrogens is 310 g/mol. The molecule has 0 aliphatic rings. The van der Waals surface area contributed by atoms with Crippen LogP contribution in [0.1, 0.15) is 29.4 Å². The molecule has 0 bridgehead atoms. The Labute approximate surface area is 140 Å². The third kappa shape index (κ3) is 3.76. The fourth-order valence-electron chi connectivity index (χ4n) is 2.48. The molecule has 1 heterocycles. The zero-order chi connectivity index (χ0) is 17.9. The Morgan fingerprint density at radius 3 is 2.46 bits per heavy atom. The number of hydrogen-bond acceptors (Lipinski definition) is 6. The van der Waals surface area contributed by atoms with Crippen LogP contribution in [0.25, 0.3) is 0 Å². The van der Waals surface area contributed by atoms with Gasteiger partial charge in [-0.05, 0) is 24.6 Å². The summed E-state index contributed by atoms with van der Waals surface area (Å²) in [5.74, 6) is -1.11. The molecule has 1 aromatic heterocycles. The molecule has 0 aliphatic carbocycles. The molecule has 0 spiro atoms. The van der Waals surface area contributed by atoms with Gasteiger partial charge in [-0.1, -0.05) is 12.1 Å². The average Bonchev–Trinajstić information content (AvgIpc) is 2.56. The molecule has 0 amide bonds. The van der Waals surface area contributed by atoms with Crippen LogP contribution in [0.2, 0.25) is 0 Å². The fraction of sp³-hybridized carbons (Fsp3) is 0.333. The third-order valence-electron chi connectivity index (χ3n) is 3.80. The van der Waals surface area contributed by atoms with Crippen LogP contribution >= 0.6 is 0 Å². The largest absolute Gasteiger partial charge is 0.502 e. The quantitative estimate of drug-likeness (QED) is 0.848. The van der Waals surface area contributed by atoms with E-state index in [0.717, 1.165) is 11.3 Å². The molecule has 2 aromatic rings. The van der Waals surface area contributed by atoms with Crippen LogP contribution < -0.4 is 10.3 Å². The Morgan fingerprint density at radius 1 is 1.29 bits per heavy atom. The Morgan fingerprint density at radius 2 is 1.92 bits per heavy atom. The lowest BCUT2D eigenvalue weighted by Gasteiger charge is -2.18. The van der Waals surface area contributed by atoms with Crippen molar-refractivity contribution in [3.63, 3.8) is 0 Å². The number of rotatable bonds is 5. The van der Waals surface area contributed by atoms with E-state index in [1.54, 1.807) is 6.92 Å². The minimum absolute atomic E-state index is 0.0439. The average molecular weight is 331 g/mol. The van der Waals surface area contributed by atoms with Crippen molar-refractivity contribution in [2.24, 2.45) is 0 Å². The third-order valence-corrected chi connectivity index (χ3v) is 3.80. The Kier molecular flexibility index (Phi) is 5.28. The van der Waals surface area contributed by atoms with E-state index < -0.39 is 23.1 Å². The zero-order valence-electron chi connectivity index (χ0n) is 14.2. The summed E-state index contributed by atoms with van der Waals surface area (Å²) in [7, 11) is 5.14. The number of ether oxygens (including phenoxy) is 1. The van der Waals surface area contributed by atoms with E-state index in [2.05, 4.69) is 0 Å². The summed E-state index contributed by atoms with van der Waals surface area (Å²) < 4.78 is 10.3. The van der Waals surface area contributed by atoms with Crippen LogP contribution in [0.3, 0.4) is 0 Å². The van der Waals surface area contributed by atoms with E-state index >= 15 is 0 Å². The predicted molar refractivity (Wildman–Crippen MR) is 90.6 cm³/mol. The first-order valence-corrected chi connectivity index (χ1v) is 7.51. The van der Waals surface area contributed by atoms with Crippen molar-refractivity contribution in [1.82, 2.24) is 0 Å². The monoisotopic (exact) mass is 331 g/mol. The number of aromatic hydroxyl groups is 1. The first kappa shape index (κ1) is 17.6. The Bertz CT molecular complexity index is 777. The highest BCUT2D eigenvalue weighted by Crippen LogP contribution is 2.33. The van der Waals surface area contributed by atoms with Gasteiger partial charge in [-0.2, -0.15) is 0 Å². The number of hydrogen-bond donors (Lipinski definition) is 1. The van der Waals surface area contributed by atoms with Gasteiger partial charge >= 0.3 is 5.97 Å². The highest BCUT2D eigenvalue weighted by Gasteiger charge is 2.26. The second kappa shape index (κ2) is 7.21. The maximum absolute atomic E-state index is 11.9. The normalized spacial score (nSPS) is 11.8. The van der Waals surface area contributed by atoms with E-state index in [1.807, 2.05) is 43.3 Å². The molecule has 2 rings (SSSR count). The van der Waals surface area contributed by atoms with Gasteiger partial charge in [0.25, 0.3) is 0 Å². The molecule has 1 N–H and O–H groups in total. The lowest BCUT2D eigenvalue weighted by Crippen LogP contribution is -2.14. The minimum atomic E-state index is -0.610. The van der Waals surface area contributed by atoms with E-state index in [1.165, 1.54) is 13.2 Å². The maximum Gasteiger partial charge on any atom is 0.306 e. The summed E-state index contributed by atoms with van der Waals surface area (Å²) in [5, 5.41) is 10.1. The molecule has 0 aliphatic heterocycles. The topological polar surface area (TPSA) is 80.0 Å². The van der Waals surface area contributed by atoms with Gasteiger partial charge in [0.05, 0.1) is 19.4 Å². The molecule has 0 saturated carbocycles. The summed E-state index contributed by atoms with van der Waals surface area (Å²) in [6.45, 7) is 1.62. The van der Waals surface area contributed by atoms with Gasteiger partial charge in [0.2, 0.25) is 11.2 Å². The van der Waals surface area contributed by atoms with Crippen molar-refractivity contribution in [1.29, 1.82) is 0 Å². The lowest BCUT2D eigenvalue weighted by molar-refractivity contribution is -0.140. The van der Waals surface area contributed by atoms with Crippen molar-refractivity contribution in [3.05, 3.63) is 57.6 Å². The summed E-state index contributed by atoms with van der Waals surface area (Å²) in [5.41, 5.74) is 1.20. The minimum Gasteiger partial charge on any atom is -0.502 e. The molecule has 6 nitrogen and oxygen atoms in total. The van der Waals surface area contributed by atoms with E-state index in [-0.39, 0.29) is 12.2 Å². The molecular formula is C18H21NO5. The molecule has 24 heavy (non-hydrogen) atoms. The summed E-state index contributed by atoms with van der Waals surface area (Å²) in [6.07, 6.45) is -0.0439. The number of benzene rings is 1. The second-order valence-corrected chi connectivity index (χ2v) is 5.75. The van der Waals surface area contributed by atoms with Crippen molar-refractivity contribution in [3.8, 4) is 5.75 Å². The van der Waals surface area contributed by atoms with Gasteiger partial charge in [-0.3, -0.25) is 9.59 Å². The Balaban J connectivity index is 2.53. The molecule has 1 aromatic carbocycles. The number of methoxy groups -OCH3 is 1. The SMILES string of the molecule is COC(=O)CC(c1ccc(N(C)C)cc1)c1oc(C)cc(=O)c1O. The van der Waals surface area contributed by atoms with Gasteiger partial charge in [-0.25, -0.2) is 0 Å². The van der Waals surface area contributed by atoms with Gasteiger partial charge < -0.3 is 19.2 Å². The summed E-state index contributed by atoms with van der Waals surface area (Å²) in [6, 6.07) is 8.67. The van der Waals surface area contributed by atoms with Gasteiger partial charge in [0.15, 0.2) is 5.76 Å². The highest BCUT2D eigenvalue weighted by atomic mass is 16.5. The number of nitrogens with zero attached hydrogens (tertiary/aromatic N) is 1. The van der Waals surface area contributed by atoms with Crippen LogP contribution in [0.4, 0.5) is 5.69 Å². The van der Waals surface area contributed by atoms with Crippen LogP contribution in [-0.4, -0.2) is 32.3 Å². The van der Waals surface area contributed by atoms with Crippen LogP contribution in [0.5, 0.6) is 5.75 Å². The number of aryl methyl sites for hydroxylation is 1. The highest BCUT2D eigenvalue weighted by molar-refractivity contribution is 5.71. The maximum atomic E-state index is 11.9. The molecule has 6 heteroatoms. The standard InChI is InChI=1S/C18H21NO5/c1-11-9-15(20)17(22)18(24-11)14(10-16(21)23-4)12-5-7-13(8-6-12)19(2)3/h5-9,14,22H,10H2,1-4H3. The second-order valence-electron chi connectivity index (χ2n) is 5.75. The number of esters is 1. The molecule has 0 radical (unpaired) electrons. The van der Waals surface area contributed by atoms with Gasteiger partial charge in [-0.15, -0.1) is 0 Å². The first-order chi connectivity index (χ1) is 11.3. The number of carbonyl (C=O) groups is 1. The van der Waals surface area contributed by atoms with Gasteiger partial charge in [0, 0.05) is 25.8 Å². The van der Waals surface area contributed by atoms with E-state index in [0.29, 0.717) is 5.76 Å². The van der Waals surface area contributed by atoms with Crippen LogP contribution in [0.15, 0.2) is 39.5 Å². The van der Waals surface area contributed by atoms with Crippen LogP contribution in [0, 0.1) is 6.92 Å². The molecule has 0 saturated heterocycles. The Hall–Kier alpha value is -2.76. The molecule has 128 valence electrons. The molecule has 0 fully saturated rings. The lowest BCUT2D eigenvalue weighted by atomic mass is 9.92. The van der Waals surface area contributed by atoms with E-state index in [9.17, 15) is 14.7 Å². The molecule has 1 atom stereocenters. The first-order valence-electron chi connectivity index (χ1n) is 7.51. The number of anilines is 1. The summed E-state index contributed by atoms with van der Waals surface area (Å²) in [4.78, 5) is 25.6. The smallest absolute Gasteiger partial charge is 0.306 e. The van der Waals surface area contributed by atoms with Crippen molar-refractivity contribution < 1.29 is 19.1 Å². The van der Waals surface area contributed by atoms with E-state index in [4.69, 9.17) is 9.15 Å². The number of carbonyl (C=O) groups excluding carboxylic acids is 1.